The van der Waals surface area contributed by atoms with E-state index in [4.69, 9.17) is 33.7 Å². The maximum atomic E-state index is 14.7. The molecule has 0 radical (unpaired) electrons. The van der Waals surface area contributed by atoms with Crippen LogP contribution in [0.15, 0.2) is 47.7 Å². The molecule has 0 spiro atoms. The highest BCUT2D eigenvalue weighted by Gasteiger charge is 2.65. The molecule has 65 heavy (non-hydrogen) atoms. The van der Waals surface area contributed by atoms with Crippen molar-refractivity contribution in [2.24, 2.45) is 22.9 Å². The van der Waals surface area contributed by atoms with Crippen LogP contribution in [0.1, 0.15) is 148 Å². The molecule has 0 bridgehead atoms. The zero-order valence-electron chi connectivity index (χ0n) is 40.5. The number of nitrogens with zero attached hydrogens (tertiary/aromatic N) is 3. The number of fused-ring (bicyclic) bond motifs is 2. The number of hydrogen-bond donors (Lipinski definition) is 3. The second kappa shape index (κ2) is 27.6. The van der Waals surface area contributed by atoms with E-state index < -0.39 is 29.4 Å². The molecule has 1 aromatic carbocycles. The highest BCUT2D eigenvalue weighted by molar-refractivity contribution is 6.03. The third-order valence-corrected chi connectivity index (χ3v) is 13.3. The molecule has 4 aliphatic rings. The van der Waals surface area contributed by atoms with Gasteiger partial charge in [-0.1, -0.05) is 94.9 Å². The molecule has 13 nitrogen and oxygen atoms in total. The summed E-state index contributed by atoms with van der Waals surface area (Å²) in [6.07, 6.45) is 20.3. The number of ether oxygens (including phenoxy) is 5. The summed E-state index contributed by atoms with van der Waals surface area (Å²) in [5, 5.41) is 34.5. The number of aliphatic hydroxyl groups excluding tert-OH is 3. The van der Waals surface area contributed by atoms with Gasteiger partial charge in [-0.2, -0.15) is 0 Å². The molecule has 2 fully saturated rings. The highest BCUT2D eigenvalue weighted by atomic mass is 16.7. The molecule has 368 valence electrons. The fraction of sp³-hybridized carbons (Fsp3) is 0.769. The van der Waals surface area contributed by atoms with E-state index in [-0.39, 0.29) is 77.0 Å². The van der Waals surface area contributed by atoms with E-state index >= 15 is 0 Å². The van der Waals surface area contributed by atoms with Crippen LogP contribution in [0.4, 0.5) is 4.79 Å². The number of carbonyl (C=O) groups excluding carboxylic acids is 1. The first-order valence-electron chi connectivity index (χ1n) is 25.3. The largest absolute Gasteiger partial charge is 0.492 e. The number of carbonyl (C=O) groups is 1. The Balaban J connectivity index is 1.58. The SMILES string of the molecule is C=CCO[C@@]12Oc3ccc(OCCN4CC4)cc3[C@H]3[C@H](CCCCO)[C@@H](CCCCO)C=C(C(=NOC(C)(C)C)C[C@@H]1N(CCOCCO)C(=O)OCCCCCCCCCCCC)[C@H]32. The summed E-state index contributed by atoms with van der Waals surface area (Å²) in [5.41, 5.74) is 2.12. The topological polar surface area (TPSA) is 152 Å². The average Bonchev–Trinajstić information content (AvgIpc) is 4.12. The molecule has 1 saturated heterocycles. The second-order valence-corrected chi connectivity index (χ2v) is 19.5. The van der Waals surface area contributed by atoms with E-state index in [0.29, 0.717) is 25.2 Å². The summed E-state index contributed by atoms with van der Waals surface area (Å²) in [7, 11) is 0. The van der Waals surface area contributed by atoms with Crippen LogP contribution >= 0.6 is 0 Å². The van der Waals surface area contributed by atoms with E-state index in [1.54, 1.807) is 11.0 Å². The van der Waals surface area contributed by atoms with Gasteiger partial charge < -0.3 is 43.8 Å². The first kappa shape index (κ1) is 52.8. The number of hydrogen-bond acceptors (Lipinski definition) is 12. The molecule has 1 aromatic rings. The predicted molar refractivity (Wildman–Crippen MR) is 256 cm³/mol. The monoisotopic (exact) mass is 912 g/mol. The van der Waals surface area contributed by atoms with Gasteiger partial charge in [0.05, 0.1) is 44.7 Å². The lowest BCUT2D eigenvalue weighted by Crippen LogP contribution is -2.70. The number of rotatable bonds is 33. The Hall–Kier alpha value is -3.20. The number of oxime groups is 1. The molecule has 1 saturated carbocycles. The van der Waals surface area contributed by atoms with Gasteiger partial charge in [0.2, 0.25) is 5.79 Å². The zero-order chi connectivity index (χ0) is 46.5. The summed E-state index contributed by atoms with van der Waals surface area (Å²) >= 11 is 0. The van der Waals surface area contributed by atoms with Gasteiger partial charge in [-0.05, 0) is 88.5 Å². The average molecular weight is 912 g/mol. The van der Waals surface area contributed by atoms with Crippen molar-refractivity contribution in [1.29, 1.82) is 0 Å². The van der Waals surface area contributed by atoms with Gasteiger partial charge in [-0.25, -0.2) is 4.79 Å². The quantitative estimate of drug-likeness (QED) is 0.0268. The summed E-state index contributed by atoms with van der Waals surface area (Å²) in [6.45, 7) is 16.8. The van der Waals surface area contributed by atoms with Crippen molar-refractivity contribution in [2.75, 3.05) is 79.0 Å². The standard InChI is InChI=1S/C52H85N3O10/c1-6-8-9-10-11-12-13-14-15-20-33-62-50(59)55(28-34-60-36-31-58)47-39-45(53-65-51(3,4)5)43-37-40(21-16-18-29-56)42(22-17-19-30-57)48-44-38-41(61-35-27-54-25-26-54)23-24-46(44)64-52(47,49(43)48)63-32-7-2/h7,23-24,37-38,40,42,47-49,56-58H,2,6,8-22,25-36,39H2,1,3-5H3/t40-,42+,47-,48+,49+,52+/m0/s1. The van der Waals surface area contributed by atoms with Crippen molar-refractivity contribution in [3.63, 3.8) is 0 Å². The van der Waals surface area contributed by atoms with E-state index in [2.05, 4.69) is 30.5 Å². The molecule has 5 rings (SSSR count). The lowest BCUT2D eigenvalue weighted by Gasteiger charge is -2.60. The van der Waals surface area contributed by atoms with Gasteiger partial charge in [0, 0.05) is 57.3 Å². The van der Waals surface area contributed by atoms with Crippen molar-refractivity contribution in [3.05, 3.63) is 48.1 Å². The third-order valence-electron chi connectivity index (χ3n) is 13.3. The van der Waals surface area contributed by atoms with Gasteiger partial charge in [0.15, 0.2) is 0 Å². The molecule has 6 atom stereocenters. The van der Waals surface area contributed by atoms with Gasteiger partial charge in [0.25, 0.3) is 0 Å². The van der Waals surface area contributed by atoms with Crippen LogP contribution in [-0.2, 0) is 19.0 Å². The zero-order valence-corrected chi connectivity index (χ0v) is 40.5. The first-order valence-corrected chi connectivity index (χ1v) is 25.3. The molecule has 2 aliphatic heterocycles. The minimum Gasteiger partial charge on any atom is -0.492 e. The Labute approximate surface area is 390 Å². The fourth-order valence-electron chi connectivity index (χ4n) is 10.1. The number of benzene rings is 1. The van der Waals surface area contributed by atoms with Crippen molar-refractivity contribution >= 4 is 11.8 Å². The van der Waals surface area contributed by atoms with Gasteiger partial charge in [0.1, 0.15) is 29.7 Å². The summed E-state index contributed by atoms with van der Waals surface area (Å²) in [4.78, 5) is 25.0. The van der Waals surface area contributed by atoms with Gasteiger partial charge >= 0.3 is 6.09 Å². The minimum atomic E-state index is -1.42. The van der Waals surface area contributed by atoms with Crippen LogP contribution in [0.3, 0.4) is 0 Å². The number of allylic oxidation sites excluding steroid dienone is 1. The summed E-state index contributed by atoms with van der Waals surface area (Å²) in [6, 6.07) is 5.35. The van der Waals surface area contributed by atoms with Crippen molar-refractivity contribution in [2.45, 2.75) is 160 Å². The number of unbranched alkanes of at least 4 members (excludes halogenated alkanes) is 11. The van der Waals surface area contributed by atoms with Crippen LogP contribution in [-0.4, -0.2) is 133 Å². The maximum Gasteiger partial charge on any atom is 0.410 e. The second-order valence-electron chi connectivity index (χ2n) is 19.5. The Bertz CT molecular complexity index is 1630. The van der Waals surface area contributed by atoms with Crippen LogP contribution in [0.5, 0.6) is 11.5 Å². The van der Waals surface area contributed by atoms with Crippen LogP contribution in [0.2, 0.25) is 0 Å². The molecular formula is C52H85N3O10. The molecule has 1 amide bonds. The predicted octanol–water partition coefficient (Wildman–Crippen LogP) is 9.18. The third kappa shape index (κ3) is 15.7. The fourth-order valence-corrected chi connectivity index (χ4v) is 10.1. The van der Waals surface area contributed by atoms with Crippen molar-refractivity contribution in [3.8, 4) is 11.5 Å². The smallest absolute Gasteiger partial charge is 0.410 e. The summed E-state index contributed by atoms with van der Waals surface area (Å²) < 4.78 is 32.9. The lowest BCUT2D eigenvalue weighted by atomic mass is 9.55. The minimum absolute atomic E-state index is 0.0874. The first-order chi connectivity index (χ1) is 31.6. The molecule has 3 N–H and O–H groups in total. The van der Waals surface area contributed by atoms with Gasteiger partial charge in [-0.15, -0.1) is 6.58 Å². The number of amides is 1. The highest BCUT2D eigenvalue weighted by Crippen LogP contribution is 2.62. The Morgan fingerprint density at radius 2 is 1.62 bits per heavy atom. The van der Waals surface area contributed by atoms with Crippen molar-refractivity contribution in [1.82, 2.24) is 9.80 Å². The molecule has 2 heterocycles. The Morgan fingerprint density at radius 1 is 0.908 bits per heavy atom. The molecule has 2 aliphatic carbocycles. The number of aliphatic hydroxyl groups is 3. The normalized spacial score (nSPS) is 24.1. The van der Waals surface area contributed by atoms with Crippen LogP contribution in [0.25, 0.3) is 0 Å². The lowest BCUT2D eigenvalue weighted by molar-refractivity contribution is -0.256. The van der Waals surface area contributed by atoms with E-state index in [9.17, 15) is 20.1 Å². The molecule has 13 heteroatoms. The van der Waals surface area contributed by atoms with E-state index in [1.807, 2.05) is 32.9 Å². The van der Waals surface area contributed by atoms with Gasteiger partial charge in [-0.3, -0.25) is 9.80 Å². The van der Waals surface area contributed by atoms with Crippen LogP contribution in [0, 0.1) is 17.8 Å². The van der Waals surface area contributed by atoms with E-state index in [1.165, 1.54) is 44.9 Å². The Kier molecular flexibility index (Phi) is 22.4. The maximum absolute atomic E-state index is 14.7. The Morgan fingerprint density at radius 3 is 2.28 bits per heavy atom. The summed E-state index contributed by atoms with van der Waals surface area (Å²) in [5.74, 6) is -0.406. The molecule has 0 unspecified atom stereocenters. The molecular weight excluding hydrogens is 827 g/mol. The van der Waals surface area contributed by atoms with Crippen molar-refractivity contribution < 1.29 is 48.6 Å². The van der Waals surface area contributed by atoms with E-state index in [0.717, 1.165) is 87.2 Å². The van der Waals surface area contributed by atoms with Crippen LogP contribution < -0.4 is 9.47 Å². The molecule has 0 aromatic heterocycles.